The van der Waals surface area contributed by atoms with Crippen LogP contribution in [0.2, 0.25) is 0 Å². The van der Waals surface area contributed by atoms with Crippen molar-refractivity contribution in [2.75, 3.05) is 23.4 Å². The second-order valence-corrected chi connectivity index (χ2v) is 6.70. The van der Waals surface area contributed by atoms with Crippen LogP contribution in [0.1, 0.15) is 30.1 Å². The van der Waals surface area contributed by atoms with Gasteiger partial charge in [0, 0.05) is 30.8 Å². The van der Waals surface area contributed by atoms with Gasteiger partial charge in [0.05, 0.1) is 9.85 Å². The van der Waals surface area contributed by atoms with Crippen molar-refractivity contribution in [1.82, 2.24) is 15.4 Å². The average molecular weight is 401 g/mol. The molecule has 0 radical (unpaired) electrons. The Morgan fingerprint density at radius 3 is 2.34 bits per heavy atom. The molecule has 2 aromatic rings. The minimum absolute atomic E-state index is 0.144. The highest BCUT2D eigenvalue weighted by atomic mass is 16.6. The van der Waals surface area contributed by atoms with Crippen molar-refractivity contribution in [2.45, 2.75) is 19.8 Å². The lowest BCUT2D eigenvalue weighted by Gasteiger charge is -2.30. The lowest BCUT2D eigenvalue weighted by molar-refractivity contribution is -0.384. The van der Waals surface area contributed by atoms with Crippen LogP contribution >= 0.6 is 0 Å². The predicted molar refractivity (Wildman–Crippen MR) is 103 cm³/mol. The van der Waals surface area contributed by atoms with E-state index in [1.807, 2.05) is 4.90 Å². The van der Waals surface area contributed by atoms with Gasteiger partial charge in [-0.2, -0.15) is 0 Å². The Balaban J connectivity index is 1.76. The van der Waals surface area contributed by atoms with Gasteiger partial charge in [-0.25, -0.2) is 9.97 Å². The highest BCUT2D eigenvalue weighted by Gasteiger charge is 2.29. The monoisotopic (exact) mass is 401 g/mol. The summed E-state index contributed by atoms with van der Waals surface area (Å²) in [5.41, 5.74) is 4.45. The van der Waals surface area contributed by atoms with Gasteiger partial charge in [-0.15, -0.1) is 0 Å². The van der Waals surface area contributed by atoms with Crippen LogP contribution in [0.25, 0.3) is 0 Å². The van der Waals surface area contributed by atoms with Crippen LogP contribution in [0, 0.1) is 26.1 Å². The molecule has 1 aromatic carbocycles. The van der Waals surface area contributed by atoms with Crippen LogP contribution in [-0.2, 0) is 0 Å². The molecule has 1 aromatic heterocycles. The molecule has 152 valence electrons. The van der Waals surface area contributed by atoms with Crippen LogP contribution in [0.15, 0.2) is 30.6 Å². The van der Waals surface area contributed by atoms with Crippen LogP contribution < -0.4 is 15.8 Å². The van der Waals surface area contributed by atoms with E-state index in [1.54, 1.807) is 0 Å². The number of non-ortho nitro benzene ring substituents is 1. The standard InChI is InChI=1S/C17H19N7O5/c1-11-6-8-22(9-7-11)16-14(24(28)29)15(18-10-19-16)20-21-17(25)12-2-4-13(5-3-12)23(26)27/h2-5,10-11H,6-9H2,1H3,(H,21,25)(H,18,19,20). The first-order valence-corrected chi connectivity index (χ1v) is 8.92. The van der Waals surface area contributed by atoms with Crippen LogP contribution in [0.4, 0.5) is 23.0 Å². The van der Waals surface area contributed by atoms with Gasteiger partial charge >= 0.3 is 5.69 Å². The van der Waals surface area contributed by atoms with Gasteiger partial charge in [0.2, 0.25) is 11.6 Å². The lowest BCUT2D eigenvalue weighted by atomic mass is 9.99. The summed E-state index contributed by atoms with van der Waals surface area (Å²) in [4.78, 5) is 43.2. The molecule has 1 aliphatic rings. The van der Waals surface area contributed by atoms with Gasteiger partial charge in [0.1, 0.15) is 6.33 Å². The van der Waals surface area contributed by atoms with Crippen molar-refractivity contribution >= 4 is 28.9 Å². The number of carbonyl (C=O) groups is 1. The van der Waals surface area contributed by atoms with Crippen molar-refractivity contribution in [3.8, 4) is 0 Å². The van der Waals surface area contributed by atoms with E-state index in [2.05, 4.69) is 27.7 Å². The molecular formula is C17H19N7O5. The Bertz CT molecular complexity index is 926. The molecule has 12 nitrogen and oxygen atoms in total. The minimum atomic E-state index is -0.624. The number of rotatable bonds is 6. The molecule has 0 aliphatic carbocycles. The van der Waals surface area contributed by atoms with Crippen LogP contribution in [-0.4, -0.2) is 38.8 Å². The number of hydrazine groups is 1. The molecule has 1 fully saturated rings. The summed E-state index contributed by atoms with van der Waals surface area (Å²) in [6.45, 7) is 3.42. The smallest absolute Gasteiger partial charge is 0.351 e. The fourth-order valence-electron chi connectivity index (χ4n) is 3.00. The second kappa shape index (κ2) is 8.46. The summed E-state index contributed by atoms with van der Waals surface area (Å²) >= 11 is 0. The quantitative estimate of drug-likeness (QED) is 0.547. The van der Waals surface area contributed by atoms with E-state index in [-0.39, 0.29) is 28.6 Å². The summed E-state index contributed by atoms with van der Waals surface area (Å²) in [5, 5.41) is 22.3. The molecular weight excluding hydrogens is 382 g/mol. The first kappa shape index (κ1) is 19.9. The molecule has 0 spiro atoms. The van der Waals surface area contributed by atoms with Crippen molar-refractivity contribution in [1.29, 1.82) is 0 Å². The maximum absolute atomic E-state index is 12.2. The SMILES string of the molecule is CC1CCN(c2ncnc(NNC(=O)c3ccc([N+](=O)[O-])cc3)c2[N+](=O)[O-])CC1. The summed E-state index contributed by atoms with van der Waals surface area (Å²) < 4.78 is 0. The topological polar surface area (TPSA) is 156 Å². The first-order valence-electron chi connectivity index (χ1n) is 8.92. The Labute approximate surface area is 165 Å². The van der Waals surface area contributed by atoms with E-state index in [9.17, 15) is 25.0 Å². The maximum Gasteiger partial charge on any atom is 0.355 e. The summed E-state index contributed by atoms with van der Waals surface area (Å²) in [6, 6.07) is 4.95. The van der Waals surface area contributed by atoms with Crippen molar-refractivity contribution < 1.29 is 14.6 Å². The number of hydrogen-bond acceptors (Lipinski definition) is 9. The number of nitro groups is 2. The van der Waals surface area contributed by atoms with Gasteiger partial charge in [0.15, 0.2) is 0 Å². The molecule has 12 heteroatoms. The molecule has 0 saturated carbocycles. The molecule has 3 rings (SSSR count). The fourth-order valence-corrected chi connectivity index (χ4v) is 3.00. The Morgan fingerprint density at radius 1 is 1.10 bits per heavy atom. The number of nitrogens with one attached hydrogen (secondary N) is 2. The largest absolute Gasteiger partial charge is 0.355 e. The summed E-state index contributed by atoms with van der Waals surface area (Å²) in [5.74, 6) is -0.0234. The molecule has 0 unspecified atom stereocenters. The molecule has 1 saturated heterocycles. The van der Waals surface area contributed by atoms with E-state index < -0.39 is 15.8 Å². The van der Waals surface area contributed by atoms with E-state index >= 15 is 0 Å². The minimum Gasteiger partial charge on any atom is -0.351 e. The zero-order chi connectivity index (χ0) is 21.0. The van der Waals surface area contributed by atoms with Crippen molar-refractivity contribution in [3.05, 3.63) is 56.4 Å². The van der Waals surface area contributed by atoms with Gasteiger partial charge in [-0.05, 0) is 30.9 Å². The number of amides is 1. The van der Waals surface area contributed by atoms with E-state index in [4.69, 9.17) is 0 Å². The number of carbonyl (C=O) groups excluding carboxylic acids is 1. The number of hydrogen-bond donors (Lipinski definition) is 2. The molecule has 2 N–H and O–H groups in total. The first-order chi connectivity index (χ1) is 13.9. The highest BCUT2D eigenvalue weighted by Crippen LogP contribution is 2.33. The van der Waals surface area contributed by atoms with Crippen molar-refractivity contribution in [3.63, 3.8) is 0 Å². The van der Waals surface area contributed by atoms with Crippen LogP contribution in [0.5, 0.6) is 0 Å². The van der Waals surface area contributed by atoms with Crippen LogP contribution in [0.3, 0.4) is 0 Å². The second-order valence-electron chi connectivity index (χ2n) is 6.70. The fraction of sp³-hybridized carbons (Fsp3) is 0.353. The summed E-state index contributed by atoms with van der Waals surface area (Å²) in [7, 11) is 0. The van der Waals surface area contributed by atoms with Crippen molar-refractivity contribution in [2.24, 2.45) is 5.92 Å². The Kier molecular flexibility index (Phi) is 5.81. The van der Waals surface area contributed by atoms with E-state index in [0.29, 0.717) is 19.0 Å². The number of nitrogens with zero attached hydrogens (tertiary/aromatic N) is 5. The predicted octanol–water partition coefficient (Wildman–Crippen LogP) is 2.29. The molecule has 1 aliphatic heterocycles. The van der Waals surface area contributed by atoms with Gasteiger partial charge in [-0.3, -0.25) is 35.9 Å². The third kappa shape index (κ3) is 4.54. The number of piperidine rings is 1. The molecule has 0 bridgehead atoms. The van der Waals surface area contributed by atoms with Gasteiger partial charge in [-0.1, -0.05) is 6.92 Å². The molecule has 1 amide bonds. The zero-order valence-electron chi connectivity index (χ0n) is 15.6. The Morgan fingerprint density at radius 2 is 1.76 bits per heavy atom. The Hall–Kier alpha value is -3.83. The number of anilines is 2. The number of nitro benzene ring substituents is 1. The van der Waals surface area contributed by atoms with Gasteiger partial charge in [0.25, 0.3) is 11.6 Å². The normalized spacial score (nSPS) is 14.3. The maximum atomic E-state index is 12.2. The number of benzene rings is 1. The highest BCUT2D eigenvalue weighted by molar-refractivity contribution is 5.95. The molecule has 2 heterocycles. The lowest BCUT2D eigenvalue weighted by Crippen LogP contribution is -2.35. The summed E-state index contributed by atoms with van der Waals surface area (Å²) in [6.07, 6.45) is 3.00. The zero-order valence-corrected chi connectivity index (χ0v) is 15.6. The molecule has 0 atom stereocenters. The van der Waals surface area contributed by atoms with E-state index in [0.717, 1.165) is 12.8 Å². The average Bonchev–Trinajstić information content (AvgIpc) is 2.72. The molecule has 29 heavy (non-hydrogen) atoms. The van der Waals surface area contributed by atoms with E-state index in [1.165, 1.54) is 30.6 Å². The third-order valence-corrected chi connectivity index (χ3v) is 4.70. The van der Waals surface area contributed by atoms with Gasteiger partial charge < -0.3 is 4.90 Å². The number of aromatic nitrogens is 2. The third-order valence-electron chi connectivity index (χ3n) is 4.70.